The van der Waals surface area contributed by atoms with E-state index in [4.69, 9.17) is 37.9 Å². The fraction of sp³-hybridized carbons (Fsp3) is 0.788. The van der Waals surface area contributed by atoms with E-state index in [1.54, 1.807) is 32.9 Å². The number of aliphatic hydroxyl groups is 3. The van der Waals surface area contributed by atoms with Crippen molar-refractivity contribution >= 4 is 17.9 Å². The fourth-order valence-electron chi connectivity index (χ4n) is 11.7. The number of fused-ring (bicyclic) bond motifs is 7. The van der Waals surface area contributed by atoms with Crippen LogP contribution in [0.25, 0.3) is 0 Å². The van der Waals surface area contributed by atoms with Gasteiger partial charge in [-0.25, -0.2) is 4.79 Å². The first-order valence-electron chi connectivity index (χ1n) is 16.2. The van der Waals surface area contributed by atoms with Gasteiger partial charge in [0.05, 0.1) is 44.9 Å². The number of hydrogen-bond donors (Lipinski definition) is 3. The van der Waals surface area contributed by atoms with Crippen LogP contribution in [0.3, 0.4) is 0 Å². The summed E-state index contributed by atoms with van der Waals surface area (Å²) in [5.74, 6) is -4.53. The molecule has 1 spiro atoms. The SMILES string of the molecule is C/C=C(\C)C(=O)O[C@H]1C[C@@H](OC(C)=O)[C@@]2(C(=O)OC)CO[C@H]3[C@@H](O)[C@@](C)([C@]45O[C@@]4(C)[C@@H]4C[C@H]5O[C@@H]5OC=C[C@@]54O)[C@@H]4[C@@H](O)OC[C@@]14[C@@H]32. The Hall–Kier alpha value is -2.59. The molecule has 0 unspecified atom stereocenters. The van der Waals surface area contributed by atoms with E-state index in [-0.39, 0.29) is 19.6 Å². The van der Waals surface area contributed by atoms with Crippen molar-refractivity contribution in [2.24, 2.45) is 34.0 Å². The van der Waals surface area contributed by atoms with Gasteiger partial charge in [-0.15, -0.1) is 0 Å². The number of ether oxygens (including phenoxy) is 8. The summed E-state index contributed by atoms with van der Waals surface area (Å²) >= 11 is 0. The second-order valence-electron chi connectivity index (χ2n) is 15.0. The predicted octanol–water partition coefficient (Wildman–Crippen LogP) is 0.254. The Morgan fingerprint density at radius 1 is 1.00 bits per heavy atom. The second-order valence-corrected chi connectivity index (χ2v) is 15.0. The van der Waals surface area contributed by atoms with Crippen LogP contribution in [0, 0.1) is 34.0 Å². The molecule has 0 radical (unpaired) electrons. The van der Waals surface area contributed by atoms with E-state index in [1.165, 1.54) is 20.3 Å². The van der Waals surface area contributed by atoms with Crippen LogP contribution in [0.4, 0.5) is 0 Å². The van der Waals surface area contributed by atoms with Crippen molar-refractivity contribution in [3.05, 3.63) is 24.0 Å². The van der Waals surface area contributed by atoms with Crippen LogP contribution in [0.2, 0.25) is 0 Å². The maximum atomic E-state index is 14.0. The number of methoxy groups -OCH3 is 1. The molecule has 3 saturated carbocycles. The van der Waals surface area contributed by atoms with Crippen LogP contribution in [0.1, 0.15) is 47.5 Å². The molecule has 5 heterocycles. The summed E-state index contributed by atoms with van der Waals surface area (Å²) in [7, 11) is 1.22. The lowest BCUT2D eigenvalue weighted by Crippen LogP contribution is -2.77. The minimum atomic E-state index is -1.63. The van der Waals surface area contributed by atoms with Gasteiger partial charge in [0.15, 0.2) is 11.9 Å². The molecule has 3 N–H and O–H groups in total. The number of epoxide rings is 1. The van der Waals surface area contributed by atoms with Crippen molar-refractivity contribution in [1.82, 2.24) is 0 Å². The molecule has 16 atom stereocenters. The van der Waals surface area contributed by atoms with Gasteiger partial charge in [0.25, 0.3) is 0 Å². The van der Waals surface area contributed by atoms with Gasteiger partial charge >= 0.3 is 17.9 Å². The Kier molecular flexibility index (Phi) is 6.44. The normalized spacial score (nSPS) is 56.1. The zero-order valence-electron chi connectivity index (χ0n) is 27.2. The minimum Gasteiger partial charge on any atom is -0.469 e. The van der Waals surface area contributed by atoms with Gasteiger partial charge in [-0.1, -0.05) is 13.0 Å². The molecule has 2 bridgehead atoms. The topological polar surface area (TPSA) is 189 Å². The van der Waals surface area contributed by atoms with E-state index in [1.807, 2.05) is 6.92 Å². The summed E-state index contributed by atoms with van der Waals surface area (Å²) in [6.45, 7) is 7.74. The molecule has 5 aliphatic heterocycles. The third-order valence-electron chi connectivity index (χ3n) is 13.6. The molecule has 258 valence electrons. The van der Waals surface area contributed by atoms with Crippen LogP contribution >= 0.6 is 0 Å². The molecule has 3 aliphatic carbocycles. The number of hydrogen-bond acceptors (Lipinski definition) is 14. The van der Waals surface area contributed by atoms with Gasteiger partial charge in [0.1, 0.15) is 28.8 Å². The molecule has 0 aromatic rings. The number of esters is 3. The maximum absolute atomic E-state index is 14.0. The monoisotopic (exact) mass is 662 g/mol. The first-order chi connectivity index (χ1) is 22.1. The molecule has 0 aromatic carbocycles. The van der Waals surface area contributed by atoms with Crippen molar-refractivity contribution in [3.63, 3.8) is 0 Å². The van der Waals surface area contributed by atoms with Gasteiger partial charge in [-0.3, -0.25) is 9.59 Å². The van der Waals surface area contributed by atoms with Gasteiger partial charge < -0.3 is 53.2 Å². The number of aliphatic hydroxyl groups excluding tert-OH is 2. The Morgan fingerprint density at radius 3 is 2.43 bits per heavy atom. The first-order valence-corrected chi connectivity index (χ1v) is 16.2. The lowest BCUT2D eigenvalue weighted by Gasteiger charge is -2.65. The van der Waals surface area contributed by atoms with Crippen molar-refractivity contribution in [2.45, 2.75) is 107 Å². The van der Waals surface area contributed by atoms with Gasteiger partial charge in [0, 0.05) is 47.5 Å². The highest BCUT2D eigenvalue weighted by Gasteiger charge is 2.95. The van der Waals surface area contributed by atoms with E-state index in [2.05, 4.69) is 0 Å². The molecule has 7 fully saturated rings. The maximum Gasteiger partial charge on any atom is 0.333 e. The van der Waals surface area contributed by atoms with Gasteiger partial charge in [-0.05, 0) is 33.3 Å². The van der Waals surface area contributed by atoms with Crippen molar-refractivity contribution < 1.29 is 67.6 Å². The second kappa shape index (κ2) is 9.55. The van der Waals surface area contributed by atoms with Crippen LogP contribution in [0.15, 0.2) is 24.0 Å². The Balaban J connectivity index is 1.34. The molecule has 0 amide bonds. The largest absolute Gasteiger partial charge is 0.469 e. The first kappa shape index (κ1) is 31.7. The predicted molar refractivity (Wildman–Crippen MR) is 153 cm³/mol. The van der Waals surface area contributed by atoms with Crippen molar-refractivity contribution in [1.29, 1.82) is 0 Å². The molecular formula is C33H42O14. The standard InChI is InChI=1S/C33H42O14/c1-7-14(2)24(36)45-17-11-18(44-15(3)34)31(26(38)40-6)13-42-20-21(31)30(17)12-43-25(37)22(30)28(4,23(20)35)33-19-10-16(29(33,5)47-33)32(39)8-9-41-27(32)46-19/h7-9,16-23,25,27,35,37,39H,10-13H2,1-6H3/b14-7+/t16-,17-,18+,19+,20+,21+,22-,23+,25-,27-,28-,29-,30-,31-,32-,33-/m0/s1. The van der Waals surface area contributed by atoms with Crippen LogP contribution in [-0.2, 0) is 52.3 Å². The number of rotatable bonds is 5. The Morgan fingerprint density at radius 2 is 1.74 bits per heavy atom. The van der Waals surface area contributed by atoms with E-state index < -0.39 is 112 Å². The Bertz CT molecular complexity index is 1490. The van der Waals surface area contributed by atoms with Crippen molar-refractivity contribution in [2.75, 3.05) is 20.3 Å². The summed E-state index contributed by atoms with van der Waals surface area (Å²) in [4.78, 5) is 40.0. The summed E-state index contributed by atoms with van der Waals surface area (Å²) in [5, 5.41) is 36.4. The molecule has 0 aromatic heterocycles. The summed E-state index contributed by atoms with van der Waals surface area (Å²) in [6, 6.07) is 0. The summed E-state index contributed by atoms with van der Waals surface area (Å²) < 4.78 is 48.7. The molecule has 47 heavy (non-hydrogen) atoms. The zero-order chi connectivity index (χ0) is 33.7. The van der Waals surface area contributed by atoms with Gasteiger partial charge in [0.2, 0.25) is 6.29 Å². The molecule has 14 heteroatoms. The van der Waals surface area contributed by atoms with Crippen molar-refractivity contribution in [3.8, 4) is 0 Å². The average molecular weight is 663 g/mol. The number of carbonyl (C=O) groups is 3. The quantitative estimate of drug-likeness (QED) is 0.157. The van der Waals surface area contributed by atoms with E-state index in [9.17, 15) is 29.7 Å². The van der Waals surface area contributed by atoms with Crippen LogP contribution < -0.4 is 0 Å². The van der Waals surface area contributed by atoms with E-state index in [0.717, 1.165) is 0 Å². The number of allylic oxidation sites excluding steroid dienone is 1. The van der Waals surface area contributed by atoms with Crippen LogP contribution in [0.5, 0.6) is 0 Å². The highest BCUT2D eigenvalue weighted by molar-refractivity contribution is 5.88. The third-order valence-corrected chi connectivity index (χ3v) is 13.6. The zero-order valence-corrected chi connectivity index (χ0v) is 27.2. The molecule has 8 rings (SSSR count). The highest BCUT2D eigenvalue weighted by Crippen LogP contribution is 2.82. The third kappa shape index (κ3) is 3.29. The lowest BCUT2D eigenvalue weighted by molar-refractivity contribution is -0.302. The highest BCUT2D eigenvalue weighted by atomic mass is 16.7. The lowest BCUT2D eigenvalue weighted by atomic mass is 9.38. The summed E-state index contributed by atoms with van der Waals surface area (Å²) in [5.41, 5.74) is -7.94. The molecule has 4 saturated heterocycles. The van der Waals surface area contributed by atoms with E-state index in [0.29, 0.717) is 12.0 Å². The van der Waals surface area contributed by atoms with Crippen LogP contribution in [-0.4, -0.2) is 113 Å². The molecule has 14 nitrogen and oxygen atoms in total. The fourth-order valence-corrected chi connectivity index (χ4v) is 11.7. The van der Waals surface area contributed by atoms with E-state index >= 15 is 0 Å². The van der Waals surface area contributed by atoms with Gasteiger partial charge in [-0.2, -0.15) is 0 Å². The smallest absolute Gasteiger partial charge is 0.333 e. The minimum absolute atomic E-state index is 0.128. The summed E-state index contributed by atoms with van der Waals surface area (Å²) in [6.07, 6.45) is -3.09. The molecule has 8 aliphatic rings. The average Bonchev–Trinajstić information content (AvgIpc) is 3.43. The molecular weight excluding hydrogens is 620 g/mol. The number of carbonyl (C=O) groups excluding carboxylic acids is 3. The Labute approximate surface area is 271 Å².